The van der Waals surface area contributed by atoms with E-state index in [1.54, 1.807) is 0 Å². The summed E-state index contributed by atoms with van der Waals surface area (Å²) in [4.78, 5) is 10.3. The number of nitrogens with one attached hydrogen (secondary N) is 1. The van der Waals surface area contributed by atoms with Crippen molar-refractivity contribution in [2.45, 2.75) is 37.9 Å². The van der Waals surface area contributed by atoms with Gasteiger partial charge in [-0.15, -0.1) is 0 Å². The largest absolute Gasteiger partial charge is 0.375 e. The van der Waals surface area contributed by atoms with Crippen LogP contribution in [0, 0.1) is 5.92 Å². The Morgan fingerprint density at radius 3 is 3.13 bits per heavy atom. The van der Waals surface area contributed by atoms with Crippen LogP contribution >= 0.6 is 0 Å². The summed E-state index contributed by atoms with van der Waals surface area (Å²) in [5.74, 6) is 0.765. The van der Waals surface area contributed by atoms with E-state index in [2.05, 4.69) is 33.2 Å². The molecule has 2 aromatic heterocycles. The molecule has 0 unspecified atom stereocenters. The summed E-state index contributed by atoms with van der Waals surface area (Å²) in [7, 11) is 0. The molecule has 2 bridgehead atoms. The molecule has 0 radical (unpaired) electrons. The lowest BCUT2D eigenvalue weighted by molar-refractivity contribution is 0.0850. The van der Waals surface area contributed by atoms with E-state index < -0.39 is 0 Å². The molecule has 2 saturated heterocycles. The van der Waals surface area contributed by atoms with Gasteiger partial charge in [0, 0.05) is 48.9 Å². The Morgan fingerprint density at radius 2 is 2.35 bits per heavy atom. The molecule has 1 N–H and O–H groups in total. The molecule has 23 heavy (non-hydrogen) atoms. The van der Waals surface area contributed by atoms with E-state index in [9.17, 15) is 0 Å². The third kappa shape index (κ3) is 2.41. The Hall–Kier alpha value is -1.65. The molecule has 5 heterocycles. The number of rotatable bonds is 3. The van der Waals surface area contributed by atoms with E-state index in [0.717, 1.165) is 31.1 Å². The smallest absolute Gasteiger partial charge is 0.137 e. The summed E-state index contributed by atoms with van der Waals surface area (Å²) in [6.45, 7) is 3.43. The number of H-pyrrole nitrogens is 1. The number of fused-ring (bicyclic) bond motifs is 3. The first-order valence-corrected chi connectivity index (χ1v) is 8.86. The molecule has 0 spiro atoms. The Bertz CT molecular complexity index is 750. The zero-order valence-electron chi connectivity index (χ0n) is 13.4. The van der Waals surface area contributed by atoms with E-state index in [1.165, 1.54) is 42.3 Å². The van der Waals surface area contributed by atoms with Gasteiger partial charge in [-0.3, -0.25) is 4.90 Å². The number of pyridine rings is 1. The summed E-state index contributed by atoms with van der Waals surface area (Å²) >= 11 is 0. The van der Waals surface area contributed by atoms with Crippen LogP contribution in [-0.4, -0.2) is 46.7 Å². The van der Waals surface area contributed by atoms with Crippen molar-refractivity contribution in [1.82, 2.24) is 14.9 Å². The monoisotopic (exact) mass is 309 g/mol. The minimum atomic E-state index is 0.546. The Morgan fingerprint density at radius 1 is 1.35 bits per heavy atom. The molecule has 3 aliphatic heterocycles. The molecule has 4 heteroatoms. The van der Waals surface area contributed by atoms with Gasteiger partial charge in [0.05, 0.1) is 12.2 Å². The summed E-state index contributed by atoms with van der Waals surface area (Å²) in [5, 5.41) is 1.24. The lowest BCUT2D eigenvalue weighted by Crippen LogP contribution is -2.36. The molecule has 0 aliphatic carbocycles. The van der Waals surface area contributed by atoms with Gasteiger partial charge in [-0.05, 0) is 43.4 Å². The van der Waals surface area contributed by atoms with Crippen molar-refractivity contribution < 1.29 is 4.74 Å². The predicted molar refractivity (Wildman–Crippen MR) is 91.1 cm³/mol. The molecule has 2 aromatic rings. The number of aromatic nitrogens is 2. The first-order valence-electron chi connectivity index (χ1n) is 8.86. The van der Waals surface area contributed by atoms with Crippen molar-refractivity contribution >= 4 is 16.6 Å². The topological polar surface area (TPSA) is 41.2 Å². The molecule has 0 saturated carbocycles. The normalized spacial score (nSPS) is 31.0. The molecule has 4 nitrogen and oxygen atoms in total. The zero-order valence-corrected chi connectivity index (χ0v) is 13.4. The fourth-order valence-corrected chi connectivity index (χ4v) is 4.61. The average molecular weight is 309 g/mol. The predicted octanol–water partition coefficient (Wildman–Crippen LogP) is 3.22. The maximum atomic E-state index is 6.00. The fourth-order valence-electron chi connectivity index (χ4n) is 4.61. The molecular weight excluding hydrogens is 286 g/mol. The van der Waals surface area contributed by atoms with E-state index in [0.29, 0.717) is 12.2 Å². The summed E-state index contributed by atoms with van der Waals surface area (Å²) in [5.41, 5.74) is 3.78. The van der Waals surface area contributed by atoms with Crippen LogP contribution < -0.4 is 0 Å². The van der Waals surface area contributed by atoms with E-state index in [4.69, 9.17) is 4.74 Å². The van der Waals surface area contributed by atoms with Crippen LogP contribution in [0.25, 0.3) is 16.6 Å². The SMILES string of the molecule is C1=C(c2c[nH]c3ncccc23)CCN(C[C@H]2C[C@H]3CC[C@H]2O3)C1. The number of hydrogen-bond acceptors (Lipinski definition) is 3. The zero-order chi connectivity index (χ0) is 15.2. The molecule has 120 valence electrons. The maximum Gasteiger partial charge on any atom is 0.137 e. The lowest BCUT2D eigenvalue weighted by atomic mass is 9.88. The van der Waals surface area contributed by atoms with Gasteiger partial charge < -0.3 is 9.72 Å². The summed E-state index contributed by atoms with van der Waals surface area (Å²) in [6, 6.07) is 4.18. The highest BCUT2D eigenvalue weighted by Crippen LogP contribution is 2.39. The van der Waals surface area contributed by atoms with E-state index in [1.807, 2.05) is 12.3 Å². The first-order chi connectivity index (χ1) is 11.4. The van der Waals surface area contributed by atoms with Gasteiger partial charge in [0.25, 0.3) is 0 Å². The number of hydrogen-bond donors (Lipinski definition) is 1. The Kier molecular flexibility index (Phi) is 3.27. The highest BCUT2D eigenvalue weighted by atomic mass is 16.5. The molecular formula is C19H23N3O. The van der Waals surface area contributed by atoms with Gasteiger partial charge >= 0.3 is 0 Å². The van der Waals surface area contributed by atoms with Gasteiger partial charge in [0.15, 0.2) is 0 Å². The van der Waals surface area contributed by atoms with Crippen LogP contribution in [0.1, 0.15) is 31.2 Å². The molecule has 3 atom stereocenters. The lowest BCUT2D eigenvalue weighted by Gasteiger charge is -2.30. The summed E-state index contributed by atoms with van der Waals surface area (Å²) < 4.78 is 6.00. The first kappa shape index (κ1) is 13.8. The van der Waals surface area contributed by atoms with Gasteiger partial charge in [0.2, 0.25) is 0 Å². The van der Waals surface area contributed by atoms with Crippen molar-refractivity contribution in [3.8, 4) is 0 Å². The maximum absolute atomic E-state index is 6.00. The van der Waals surface area contributed by atoms with Crippen LogP contribution in [-0.2, 0) is 4.74 Å². The van der Waals surface area contributed by atoms with Crippen molar-refractivity contribution in [3.05, 3.63) is 36.2 Å². The highest BCUT2D eigenvalue weighted by Gasteiger charge is 2.41. The van der Waals surface area contributed by atoms with Crippen LogP contribution in [0.2, 0.25) is 0 Å². The number of ether oxygens (including phenoxy) is 1. The molecule has 5 rings (SSSR count). The number of nitrogens with zero attached hydrogens (tertiary/aromatic N) is 2. The second kappa shape index (κ2) is 5.46. The van der Waals surface area contributed by atoms with Crippen molar-refractivity contribution in [2.75, 3.05) is 19.6 Å². The average Bonchev–Trinajstić information content (AvgIpc) is 3.30. The van der Waals surface area contributed by atoms with Crippen LogP contribution in [0.4, 0.5) is 0 Å². The molecule has 0 aromatic carbocycles. The molecule has 2 fully saturated rings. The van der Waals surface area contributed by atoms with Crippen LogP contribution in [0.5, 0.6) is 0 Å². The Labute approximate surface area is 136 Å². The minimum absolute atomic E-state index is 0.546. The standard InChI is InChI=1S/C19H23N3O/c1-2-16-17(11-21-19(16)20-7-1)13-5-8-22(9-6-13)12-14-10-15-3-4-18(14)23-15/h1-2,5,7,11,14-15,18H,3-4,6,8-10,12H2,(H,20,21)/t14-,15-,18-/m1/s1. The van der Waals surface area contributed by atoms with E-state index in [-0.39, 0.29) is 0 Å². The third-order valence-electron chi connectivity index (χ3n) is 5.81. The third-order valence-corrected chi connectivity index (χ3v) is 5.81. The highest BCUT2D eigenvalue weighted by molar-refractivity contribution is 5.90. The van der Waals surface area contributed by atoms with Gasteiger partial charge in [-0.25, -0.2) is 4.98 Å². The van der Waals surface area contributed by atoms with Gasteiger partial charge in [-0.2, -0.15) is 0 Å². The quantitative estimate of drug-likeness (QED) is 0.946. The second-order valence-corrected chi connectivity index (χ2v) is 7.21. The van der Waals surface area contributed by atoms with Crippen LogP contribution in [0.15, 0.2) is 30.6 Å². The second-order valence-electron chi connectivity index (χ2n) is 7.21. The summed E-state index contributed by atoms with van der Waals surface area (Å²) in [6.07, 6.45) is 12.5. The fraction of sp³-hybridized carbons (Fsp3) is 0.526. The Balaban J connectivity index is 1.29. The molecule has 0 amide bonds. The van der Waals surface area contributed by atoms with Gasteiger partial charge in [0.1, 0.15) is 5.65 Å². The van der Waals surface area contributed by atoms with Crippen molar-refractivity contribution in [2.24, 2.45) is 5.92 Å². The van der Waals surface area contributed by atoms with E-state index >= 15 is 0 Å². The number of aromatic amines is 1. The molecule has 3 aliphatic rings. The van der Waals surface area contributed by atoms with Gasteiger partial charge in [-0.1, -0.05) is 6.08 Å². The minimum Gasteiger partial charge on any atom is -0.375 e. The van der Waals surface area contributed by atoms with Crippen molar-refractivity contribution in [1.29, 1.82) is 0 Å². The van der Waals surface area contributed by atoms with Crippen molar-refractivity contribution in [3.63, 3.8) is 0 Å². The van der Waals surface area contributed by atoms with Crippen LogP contribution in [0.3, 0.4) is 0 Å².